The fourth-order valence-electron chi connectivity index (χ4n) is 2.20. The predicted molar refractivity (Wildman–Crippen MR) is 82.7 cm³/mol. The largest absolute Gasteiger partial charge is 0.369 e. The molecule has 7 heteroatoms. The summed E-state index contributed by atoms with van der Waals surface area (Å²) in [6, 6.07) is 7.83. The molecule has 3 aromatic rings. The van der Waals surface area contributed by atoms with Crippen LogP contribution in [0.2, 0.25) is 0 Å². The molecule has 4 N–H and O–H groups in total. The normalized spacial score (nSPS) is 10.8. The summed E-state index contributed by atoms with van der Waals surface area (Å²) >= 11 is 0. The number of para-hydroxylation sites is 1. The van der Waals surface area contributed by atoms with Gasteiger partial charge in [-0.15, -0.1) is 0 Å². The Morgan fingerprint density at radius 1 is 1.24 bits per heavy atom. The molecule has 7 nitrogen and oxygen atoms in total. The van der Waals surface area contributed by atoms with Gasteiger partial charge < -0.3 is 5.32 Å². The summed E-state index contributed by atoms with van der Waals surface area (Å²) in [4.78, 5) is 8.70. The number of hydrogen-bond acceptors (Lipinski definition) is 6. The Balaban J connectivity index is 1.79. The predicted octanol–water partition coefficient (Wildman–Crippen LogP) is 1.30. The number of hydrazine groups is 1. The lowest BCUT2D eigenvalue weighted by Gasteiger charge is -2.10. The van der Waals surface area contributed by atoms with Crippen LogP contribution in [0.4, 0.5) is 11.8 Å². The Labute approximate surface area is 122 Å². The number of nitrogens with zero attached hydrogens (tertiary/aromatic N) is 4. The van der Waals surface area contributed by atoms with Gasteiger partial charge in [0.25, 0.3) is 0 Å². The van der Waals surface area contributed by atoms with Gasteiger partial charge in [0.05, 0.1) is 11.7 Å². The lowest BCUT2D eigenvalue weighted by Crippen LogP contribution is -2.13. The number of nitrogens with two attached hydrogens (primary N) is 1. The Morgan fingerprint density at radius 3 is 2.86 bits per heavy atom. The van der Waals surface area contributed by atoms with Crippen LogP contribution in [0.15, 0.2) is 36.7 Å². The van der Waals surface area contributed by atoms with Crippen LogP contribution in [0.5, 0.6) is 0 Å². The van der Waals surface area contributed by atoms with Gasteiger partial charge in [0.15, 0.2) is 0 Å². The van der Waals surface area contributed by atoms with E-state index in [4.69, 9.17) is 5.84 Å². The average Bonchev–Trinajstić information content (AvgIpc) is 2.92. The van der Waals surface area contributed by atoms with Crippen molar-refractivity contribution in [3.8, 4) is 0 Å². The molecule has 0 aliphatic carbocycles. The van der Waals surface area contributed by atoms with Crippen molar-refractivity contribution in [1.29, 1.82) is 0 Å². The van der Waals surface area contributed by atoms with Gasteiger partial charge >= 0.3 is 0 Å². The van der Waals surface area contributed by atoms with Crippen LogP contribution in [0.1, 0.15) is 5.56 Å². The Bertz CT molecular complexity index is 750. The Kier molecular flexibility index (Phi) is 3.65. The molecule has 0 atom stereocenters. The highest BCUT2D eigenvalue weighted by Gasteiger charge is 2.06. The van der Waals surface area contributed by atoms with Crippen LogP contribution in [-0.4, -0.2) is 26.3 Å². The summed E-state index contributed by atoms with van der Waals surface area (Å²) in [5.74, 6) is 6.59. The third-order valence-electron chi connectivity index (χ3n) is 3.20. The van der Waals surface area contributed by atoms with Crippen LogP contribution >= 0.6 is 0 Å². The third-order valence-corrected chi connectivity index (χ3v) is 3.20. The number of aromatic nitrogens is 4. The van der Waals surface area contributed by atoms with E-state index in [1.807, 2.05) is 43.7 Å². The molecule has 0 aliphatic rings. The van der Waals surface area contributed by atoms with E-state index in [9.17, 15) is 0 Å². The molecule has 0 spiro atoms. The number of hydrogen-bond donors (Lipinski definition) is 3. The smallest absolute Gasteiger partial charge is 0.239 e. The van der Waals surface area contributed by atoms with Crippen molar-refractivity contribution in [3.63, 3.8) is 0 Å². The Morgan fingerprint density at radius 2 is 2.10 bits per heavy atom. The average molecular weight is 283 g/mol. The van der Waals surface area contributed by atoms with E-state index in [1.54, 1.807) is 4.68 Å². The van der Waals surface area contributed by atoms with E-state index in [-0.39, 0.29) is 0 Å². The highest BCUT2D eigenvalue weighted by Crippen LogP contribution is 2.21. The second-order valence-corrected chi connectivity index (χ2v) is 4.76. The molecule has 0 saturated heterocycles. The lowest BCUT2D eigenvalue weighted by molar-refractivity contribution is 0.767. The molecular weight excluding hydrogens is 266 g/mol. The van der Waals surface area contributed by atoms with E-state index in [1.165, 1.54) is 5.56 Å². The van der Waals surface area contributed by atoms with E-state index in [0.717, 1.165) is 29.7 Å². The first-order valence-corrected chi connectivity index (χ1v) is 6.71. The monoisotopic (exact) mass is 283 g/mol. The molecule has 1 aromatic carbocycles. The number of anilines is 2. The molecule has 0 radical (unpaired) electrons. The topological polar surface area (TPSA) is 93.7 Å². The summed E-state index contributed by atoms with van der Waals surface area (Å²) in [5.41, 5.74) is 4.53. The SMILES string of the molecule is Cn1cc(CCNc2nc(NN)nc3ccccc23)cn1. The number of fused-ring (bicyclic) bond motifs is 1. The second kappa shape index (κ2) is 5.76. The zero-order chi connectivity index (χ0) is 14.7. The molecule has 2 heterocycles. The van der Waals surface area contributed by atoms with Crippen molar-refractivity contribution >= 4 is 22.7 Å². The van der Waals surface area contributed by atoms with E-state index in [0.29, 0.717) is 5.95 Å². The van der Waals surface area contributed by atoms with Crippen LogP contribution in [-0.2, 0) is 13.5 Å². The molecular formula is C14H17N7. The van der Waals surface area contributed by atoms with Gasteiger partial charge in [0, 0.05) is 25.2 Å². The van der Waals surface area contributed by atoms with Crippen molar-refractivity contribution in [2.75, 3.05) is 17.3 Å². The van der Waals surface area contributed by atoms with Crippen molar-refractivity contribution in [2.24, 2.45) is 12.9 Å². The maximum atomic E-state index is 5.42. The zero-order valence-electron chi connectivity index (χ0n) is 11.7. The lowest BCUT2D eigenvalue weighted by atomic mass is 10.2. The number of nitrogen functional groups attached to an aromatic ring is 1. The molecule has 0 fully saturated rings. The molecule has 0 amide bonds. The first-order valence-electron chi connectivity index (χ1n) is 6.71. The van der Waals surface area contributed by atoms with Gasteiger partial charge in [-0.05, 0) is 24.1 Å². The Hall–Kier alpha value is -2.67. The van der Waals surface area contributed by atoms with Crippen LogP contribution in [0.25, 0.3) is 10.9 Å². The van der Waals surface area contributed by atoms with Gasteiger partial charge in [-0.3, -0.25) is 10.1 Å². The second-order valence-electron chi connectivity index (χ2n) is 4.76. The first-order chi connectivity index (χ1) is 10.3. The van der Waals surface area contributed by atoms with Crippen LogP contribution < -0.4 is 16.6 Å². The van der Waals surface area contributed by atoms with Crippen molar-refractivity contribution in [2.45, 2.75) is 6.42 Å². The van der Waals surface area contributed by atoms with Gasteiger partial charge in [-0.25, -0.2) is 10.8 Å². The van der Waals surface area contributed by atoms with Crippen LogP contribution in [0.3, 0.4) is 0 Å². The van der Waals surface area contributed by atoms with Gasteiger partial charge in [-0.2, -0.15) is 10.1 Å². The van der Waals surface area contributed by atoms with Crippen LogP contribution in [0, 0.1) is 0 Å². The highest BCUT2D eigenvalue weighted by molar-refractivity contribution is 5.89. The highest BCUT2D eigenvalue weighted by atomic mass is 15.3. The summed E-state index contributed by atoms with van der Waals surface area (Å²) in [7, 11) is 1.91. The van der Waals surface area contributed by atoms with Crippen molar-refractivity contribution in [1.82, 2.24) is 19.7 Å². The number of benzene rings is 1. The maximum Gasteiger partial charge on any atom is 0.239 e. The van der Waals surface area contributed by atoms with E-state index in [2.05, 4.69) is 25.8 Å². The van der Waals surface area contributed by atoms with Gasteiger partial charge in [0.2, 0.25) is 5.95 Å². The third kappa shape index (κ3) is 2.92. The molecule has 108 valence electrons. The molecule has 0 aliphatic heterocycles. The minimum absolute atomic E-state index is 0.401. The number of aryl methyl sites for hydroxylation is 1. The molecule has 0 saturated carbocycles. The quantitative estimate of drug-likeness (QED) is 0.483. The first kappa shape index (κ1) is 13.3. The van der Waals surface area contributed by atoms with E-state index < -0.39 is 0 Å². The fraction of sp³-hybridized carbons (Fsp3) is 0.214. The minimum atomic E-state index is 0.401. The minimum Gasteiger partial charge on any atom is -0.369 e. The number of nitrogens with one attached hydrogen (secondary N) is 2. The molecule has 3 rings (SSSR count). The van der Waals surface area contributed by atoms with Crippen molar-refractivity contribution in [3.05, 3.63) is 42.2 Å². The summed E-state index contributed by atoms with van der Waals surface area (Å²) in [6.45, 7) is 0.761. The molecule has 0 unspecified atom stereocenters. The zero-order valence-corrected chi connectivity index (χ0v) is 11.7. The molecule has 21 heavy (non-hydrogen) atoms. The standard InChI is InChI=1S/C14H17N7/c1-21-9-10(8-17-21)6-7-16-13-11-4-2-3-5-12(11)18-14(19-13)20-15/h2-5,8-9H,6-7,15H2,1H3,(H2,16,18,19,20). The fourth-order valence-corrected chi connectivity index (χ4v) is 2.20. The summed E-state index contributed by atoms with van der Waals surface area (Å²) in [5, 5.41) is 8.47. The molecule has 2 aromatic heterocycles. The van der Waals surface area contributed by atoms with Gasteiger partial charge in [-0.1, -0.05) is 12.1 Å². The van der Waals surface area contributed by atoms with E-state index >= 15 is 0 Å². The number of rotatable bonds is 5. The summed E-state index contributed by atoms with van der Waals surface area (Å²) < 4.78 is 1.80. The maximum absolute atomic E-state index is 5.42. The molecule has 0 bridgehead atoms. The van der Waals surface area contributed by atoms with Gasteiger partial charge in [0.1, 0.15) is 5.82 Å². The summed E-state index contributed by atoms with van der Waals surface area (Å²) in [6.07, 6.45) is 4.75. The van der Waals surface area contributed by atoms with Crippen molar-refractivity contribution < 1.29 is 0 Å².